The van der Waals surface area contributed by atoms with Crippen molar-refractivity contribution >= 4 is 22.8 Å². The van der Waals surface area contributed by atoms with E-state index >= 15 is 0 Å². The molecule has 2 aromatic rings. The van der Waals surface area contributed by atoms with E-state index in [2.05, 4.69) is 83.2 Å². The number of hydrogen-bond acceptors (Lipinski definition) is 2. The predicted molar refractivity (Wildman–Crippen MR) is 130 cm³/mol. The van der Waals surface area contributed by atoms with E-state index in [1.165, 1.54) is 41.5 Å². The zero-order valence-corrected chi connectivity index (χ0v) is 20.4. The molecule has 0 radical (unpaired) electrons. The van der Waals surface area contributed by atoms with Crippen LogP contribution in [-0.2, 0) is 16.5 Å². The van der Waals surface area contributed by atoms with Crippen LogP contribution in [-0.4, -0.2) is 11.4 Å². The Hall–Kier alpha value is -1.99. The molecule has 3 heteroatoms. The summed E-state index contributed by atoms with van der Waals surface area (Å²) >= 11 is 0. The molecule has 0 fully saturated rings. The van der Waals surface area contributed by atoms with Crippen molar-refractivity contribution in [2.45, 2.75) is 73.6 Å². The van der Waals surface area contributed by atoms with Crippen molar-refractivity contribution in [3.8, 4) is 0 Å². The summed E-state index contributed by atoms with van der Waals surface area (Å²) in [6, 6.07) is 13.0. The Balaban J connectivity index is 0.00000450. The van der Waals surface area contributed by atoms with Gasteiger partial charge in [-0.1, -0.05) is 44.4 Å². The maximum atomic E-state index is 5.07. The van der Waals surface area contributed by atoms with Crippen LogP contribution >= 0.6 is 0 Å². The summed E-state index contributed by atoms with van der Waals surface area (Å²) in [7, 11) is 0. The number of benzene rings is 2. The van der Waals surface area contributed by atoms with Gasteiger partial charge in [-0.15, -0.1) is 0 Å². The summed E-state index contributed by atoms with van der Waals surface area (Å²) < 4.78 is 0. The van der Waals surface area contributed by atoms with Gasteiger partial charge in [0.15, 0.2) is 0 Å². The molecule has 0 spiro atoms. The van der Waals surface area contributed by atoms with E-state index in [9.17, 15) is 0 Å². The molecule has 0 bridgehead atoms. The Bertz CT molecular complexity index is 867. The number of rotatable bonds is 9. The molecule has 0 aliphatic carbocycles. The molecule has 2 nitrogen and oxygen atoms in total. The Morgan fingerprint density at radius 3 is 1.70 bits per heavy atom. The standard InChI is InChI=1S/C27H36N2.Ni/c1-7-9-10-11-13-27(29-25-18-22(5)15-23(6)19-25)26(12-8-2)28-24-16-20(3)14-21(4)17-24;/h8,12,14-19H,7,9-11,13H2,1-6H3;/b12-8-,28-26?,29-27?;. The molecule has 0 heterocycles. The van der Waals surface area contributed by atoms with Crippen molar-refractivity contribution in [2.24, 2.45) is 9.98 Å². The third-order valence-electron chi connectivity index (χ3n) is 4.81. The first-order valence-electron chi connectivity index (χ1n) is 10.9. The SMILES string of the molecule is C/C=C\C(=Nc1cc(C)cc(C)c1)C(CCCCCC)=Nc1cc(C)cc(C)c1.[Ni]. The van der Waals surface area contributed by atoms with Crippen molar-refractivity contribution in [1.29, 1.82) is 0 Å². The van der Waals surface area contributed by atoms with Gasteiger partial charge in [-0.3, -0.25) is 4.99 Å². The van der Waals surface area contributed by atoms with E-state index in [-0.39, 0.29) is 16.5 Å². The normalized spacial score (nSPS) is 12.3. The zero-order valence-electron chi connectivity index (χ0n) is 19.4. The van der Waals surface area contributed by atoms with Crippen molar-refractivity contribution in [2.75, 3.05) is 0 Å². The summed E-state index contributed by atoms with van der Waals surface area (Å²) in [6.07, 6.45) is 9.98. The van der Waals surface area contributed by atoms with Crippen molar-refractivity contribution in [3.63, 3.8) is 0 Å². The molecule has 0 aliphatic heterocycles. The Morgan fingerprint density at radius 1 is 0.733 bits per heavy atom. The molecule has 0 saturated heterocycles. The molecule has 2 rings (SSSR count). The van der Waals surface area contributed by atoms with Crippen LogP contribution < -0.4 is 0 Å². The Morgan fingerprint density at radius 2 is 1.23 bits per heavy atom. The number of aryl methyl sites for hydroxylation is 4. The van der Waals surface area contributed by atoms with E-state index in [1.54, 1.807) is 0 Å². The first kappa shape index (κ1) is 26.0. The van der Waals surface area contributed by atoms with Gasteiger partial charge in [0, 0.05) is 16.5 Å². The molecular weight excluding hydrogens is 411 g/mol. The smallest absolute Gasteiger partial charge is 0.0848 e. The summed E-state index contributed by atoms with van der Waals surface area (Å²) in [5.41, 5.74) is 9.01. The van der Waals surface area contributed by atoms with Crippen LogP contribution in [0.15, 0.2) is 58.5 Å². The first-order chi connectivity index (χ1) is 13.9. The molecule has 0 unspecified atom stereocenters. The molecule has 0 atom stereocenters. The second-order valence-corrected chi connectivity index (χ2v) is 8.06. The fraction of sp³-hybridized carbons (Fsp3) is 0.407. The summed E-state index contributed by atoms with van der Waals surface area (Å²) in [5.74, 6) is 0. The van der Waals surface area contributed by atoms with Crippen LogP contribution in [0.3, 0.4) is 0 Å². The van der Waals surface area contributed by atoms with Gasteiger partial charge in [0.25, 0.3) is 0 Å². The predicted octanol–water partition coefficient (Wildman–Crippen LogP) is 8.31. The maximum Gasteiger partial charge on any atom is 0.0848 e. The van der Waals surface area contributed by atoms with Crippen LogP contribution in [0.2, 0.25) is 0 Å². The van der Waals surface area contributed by atoms with Gasteiger partial charge in [-0.25, -0.2) is 4.99 Å². The quantitative estimate of drug-likeness (QED) is 0.210. The van der Waals surface area contributed by atoms with Gasteiger partial charge in [-0.2, -0.15) is 0 Å². The maximum absolute atomic E-state index is 5.07. The molecule has 0 amide bonds. The minimum Gasteiger partial charge on any atom is -0.251 e. The molecule has 2 aromatic carbocycles. The molecule has 0 N–H and O–H groups in total. The molecule has 0 saturated carbocycles. The van der Waals surface area contributed by atoms with Gasteiger partial charge >= 0.3 is 0 Å². The van der Waals surface area contributed by atoms with E-state index < -0.39 is 0 Å². The average Bonchev–Trinajstić information content (AvgIpc) is 2.62. The summed E-state index contributed by atoms with van der Waals surface area (Å²) in [5, 5.41) is 0. The molecule has 0 aromatic heterocycles. The van der Waals surface area contributed by atoms with Gasteiger partial charge in [0.1, 0.15) is 0 Å². The Kier molecular flexibility index (Phi) is 11.6. The fourth-order valence-electron chi connectivity index (χ4n) is 3.64. The summed E-state index contributed by atoms with van der Waals surface area (Å²) in [4.78, 5) is 10.1. The van der Waals surface area contributed by atoms with Crippen molar-refractivity contribution < 1.29 is 16.5 Å². The van der Waals surface area contributed by atoms with Gasteiger partial charge in [0.05, 0.1) is 22.8 Å². The number of aliphatic imine (C=N–C) groups is 2. The van der Waals surface area contributed by atoms with Gasteiger partial charge in [-0.05, 0) is 100 Å². The topological polar surface area (TPSA) is 24.7 Å². The first-order valence-corrected chi connectivity index (χ1v) is 10.9. The van der Waals surface area contributed by atoms with Crippen LogP contribution in [0.5, 0.6) is 0 Å². The van der Waals surface area contributed by atoms with Gasteiger partial charge < -0.3 is 0 Å². The third kappa shape index (κ3) is 8.80. The zero-order chi connectivity index (χ0) is 21.2. The van der Waals surface area contributed by atoms with Crippen LogP contribution in [0, 0.1) is 27.7 Å². The van der Waals surface area contributed by atoms with E-state index in [0.29, 0.717) is 0 Å². The number of nitrogens with zero attached hydrogens (tertiary/aromatic N) is 2. The van der Waals surface area contributed by atoms with E-state index in [4.69, 9.17) is 9.98 Å². The molecule has 30 heavy (non-hydrogen) atoms. The summed E-state index contributed by atoms with van der Waals surface area (Å²) in [6.45, 7) is 12.8. The van der Waals surface area contributed by atoms with Crippen molar-refractivity contribution in [3.05, 3.63) is 70.8 Å². The monoisotopic (exact) mass is 446 g/mol. The second kappa shape index (κ2) is 13.3. The minimum absolute atomic E-state index is 0. The second-order valence-electron chi connectivity index (χ2n) is 8.06. The minimum atomic E-state index is 0. The van der Waals surface area contributed by atoms with E-state index in [0.717, 1.165) is 35.6 Å². The fourth-order valence-corrected chi connectivity index (χ4v) is 3.64. The molecule has 164 valence electrons. The molecule has 0 aliphatic rings. The van der Waals surface area contributed by atoms with Crippen LogP contribution in [0.1, 0.15) is 68.2 Å². The van der Waals surface area contributed by atoms with Gasteiger partial charge in [0.2, 0.25) is 0 Å². The van der Waals surface area contributed by atoms with E-state index in [1.807, 2.05) is 6.92 Å². The van der Waals surface area contributed by atoms with Crippen LogP contribution in [0.25, 0.3) is 0 Å². The third-order valence-corrected chi connectivity index (χ3v) is 4.81. The van der Waals surface area contributed by atoms with Crippen molar-refractivity contribution in [1.82, 2.24) is 0 Å². The number of hydrogen-bond donors (Lipinski definition) is 0. The largest absolute Gasteiger partial charge is 0.251 e. The Labute approximate surface area is 193 Å². The number of allylic oxidation sites excluding steroid dienone is 2. The van der Waals surface area contributed by atoms with Crippen LogP contribution in [0.4, 0.5) is 11.4 Å². The molecular formula is C27H36N2Ni. The number of unbranched alkanes of at least 4 members (excludes halogenated alkanes) is 3. The average molecular weight is 447 g/mol.